The van der Waals surface area contributed by atoms with Crippen molar-refractivity contribution in [3.05, 3.63) is 47.1 Å². The largest absolute Gasteiger partial charge is 0.441 e. The molecule has 0 radical (unpaired) electrons. The van der Waals surface area contributed by atoms with E-state index >= 15 is 0 Å². The number of carbonyl (C=O) groups is 1. The third kappa shape index (κ3) is 3.60. The van der Waals surface area contributed by atoms with Crippen LogP contribution < -0.4 is 5.32 Å². The molecule has 0 unspecified atom stereocenters. The highest BCUT2D eigenvalue weighted by atomic mass is 16.3. The molecule has 0 saturated heterocycles. The molecule has 4 rings (SSSR count). The van der Waals surface area contributed by atoms with Gasteiger partial charge in [-0.1, -0.05) is 0 Å². The van der Waals surface area contributed by atoms with Crippen LogP contribution in [0.25, 0.3) is 22.1 Å². The third-order valence-corrected chi connectivity index (χ3v) is 5.21. The number of rotatable bonds is 5. The summed E-state index contributed by atoms with van der Waals surface area (Å²) >= 11 is 0. The van der Waals surface area contributed by atoms with Crippen molar-refractivity contribution in [1.82, 2.24) is 19.7 Å². The predicted molar refractivity (Wildman–Crippen MR) is 113 cm³/mol. The first kappa shape index (κ1) is 19.1. The summed E-state index contributed by atoms with van der Waals surface area (Å²) in [7, 11) is 0. The van der Waals surface area contributed by atoms with E-state index in [2.05, 4.69) is 36.2 Å². The van der Waals surface area contributed by atoms with E-state index in [0.717, 1.165) is 39.1 Å². The Bertz CT molecular complexity index is 1220. The molecule has 0 saturated carbocycles. The monoisotopic (exact) mass is 391 g/mol. The minimum atomic E-state index is -0.0404. The van der Waals surface area contributed by atoms with Crippen molar-refractivity contribution in [3.8, 4) is 0 Å². The molecule has 0 atom stereocenters. The number of nitrogens with one attached hydrogen (secondary N) is 1. The SMILES string of the molecule is Cc1nc2cc(NC(=O)CCc3c(C)nc4c(cnn4C(C)C)c3C)ccc2o1. The zero-order valence-corrected chi connectivity index (χ0v) is 17.4. The lowest BCUT2D eigenvalue weighted by Crippen LogP contribution is -2.13. The van der Waals surface area contributed by atoms with Gasteiger partial charge in [0.15, 0.2) is 17.1 Å². The van der Waals surface area contributed by atoms with Crippen LogP contribution >= 0.6 is 0 Å². The first-order chi connectivity index (χ1) is 13.8. The van der Waals surface area contributed by atoms with E-state index in [-0.39, 0.29) is 11.9 Å². The molecule has 29 heavy (non-hydrogen) atoms. The maximum absolute atomic E-state index is 12.5. The summed E-state index contributed by atoms with van der Waals surface area (Å²) in [5.41, 5.74) is 6.28. The summed E-state index contributed by atoms with van der Waals surface area (Å²) in [4.78, 5) is 21.6. The Morgan fingerprint density at radius 3 is 2.76 bits per heavy atom. The van der Waals surface area contributed by atoms with E-state index in [4.69, 9.17) is 9.40 Å². The van der Waals surface area contributed by atoms with Gasteiger partial charge in [0.25, 0.3) is 0 Å². The molecule has 0 fully saturated rings. The number of aromatic nitrogens is 4. The summed E-state index contributed by atoms with van der Waals surface area (Å²) in [6, 6.07) is 5.73. The number of hydrogen-bond donors (Lipinski definition) is 1. The Kier molecular flexibility index (Phi) is 4.82. The molecule has 0 aliphatic heterocycles. The smallest absolute Gasteiger partial charge is 0.224 e. The molecule has 4 aromatic rings. The number of pyridine rings is 1. The van der Waals surface area contributed by atoms with Crippen molar-refractivity contribution in [2.45, 2.75) is 53.5 Å². The zero-order chi connectivity index (χ0) is 20.7. The van der Waals surface area contributed by atoms with Crippen LogP contribution in [-0.2, 0) is 11.2 Å². The first-order valence-electron chi connectivity index (χ1n) is 9.84. The molecule has 7 heteroatoms. The van der Waals surface area contributed by atoms with Gasteiger partial charge in [0.05, 0.1) is 6.20 Å². The fourth-order valence-electron chi connectivity index (χ4n) is 3.72. The average Bonchev–Trinajstić information content (AvgIpc) is 3.23. The fraction of sp³-hybridized carbons (Fsp3) is 0.364. The van der Waals surface area contributed by atoms with Crippen molar-refractivity contribution >= 4 is 33.7 Å². The van der Waals surface area contributed by atoms with E-state index in [1.807, 2.05) is 36.0 Å². The zero-order valence-electron chi connectivity index (χ0n) is 17.4. The summed E-state index contributed by atoms with van der Waals surface area (Å²) in [6.45, 7) is 10.1. The van der Waals surface area contributed by atoms with Crippen molar-refractivity contribution in [2.24, 2.45) is 0 Å². The number of nitrogens with zero attached hydrogens (tertiary/aromatic N) is 4. The van der Waals surface area contributed by atoms with E-state index < -0.39 is 0 Å². The van der Waals surface area contributed by atoms with E-state index in [1.165, 1.54) is 0 Å². The molecule has 3 heterocycles. The van der Waals surface area contributed by atoms with Crippen LogP contribution in [-0.4, -0.2) is 25.7 Å². The van der Waals surface area contributed by atoms with Gasteiger partial charge in [-0.15, -0.1) is 0 Å². The minimum Gasteiger partial charge on any atom is -0.441 e. The maximum Gasteiger partial charge on any atom is 0.224 e. The van der Waals surface area contributed by atoms with Gasteiger partial charge in [-0.3, -0.25) is 4.79 Å². The average molecular weight is 391 g/mol. The number of oxazole rings is 1. The molecular formula is C22H25N5O2. The van der Waals surface area contributed by atoms with E-state index in [1.54, 1.807) is 6.92 Å². The van der Waals surface area contributed by atoms with E-state index in [9.17, 15) is 4.79 Å². The van der Waals surface area contributed by atoms with Crippen molar-refractivity contribution in [2.75, 3.05) is 5.32 Å². The molecule has 1 N–H and O–H groups in total. The highest BCUT2D eigenvalue weighted by molar-refractivity contribution is 5.93. The molecule has 3 aromatic heterocycles. The Morgan fingerprint density at radius 2 is 2.00 bits per heavy atom. The van der Waals surface area contributed by atoms with Crippen molar-refractivity contribution in [1.29, 1.82) is 0 Å². The van der Waals surface area contributed by atoms with Crippen molar-refractivity contribution in [3.63, 3.8) is 0 Å². The van der Waals surface area contributed by atoms with Gasteiger partial charge in [-0.2, -0.15) is 5.10 Å². The topological polar surface area (TPSA) is 85.8 Å². The first-order valence-corrected chi connectivity index (χ1v) is 9.84. The third-order valence-electron chi connectivity index (χ3n) is 5.21. The van der Waals surface area contributed by atoms with Crippen LogP contribution in [0.5, 0.6) is 0 Å². The molecule has 7 nitrogen and oxygen atoms in total. The van der Waals surface area contributed by atoms with Gasteiger partial charge in [0.1, 0.15) is 5.52 Å². The maximum atomic E-state index is 12.5. The minimum absolute atomic E-state index is 0.0404. The van der Waals surface area contributed by atoms with Crippen LogP contribution in [0, 0.1) is 20.8 Å². The van der Waals surface area contributed by atoms with Gasteiger partial charge in [0.2, 0.25) is 5.91 Å². The van der Waals surface area contributed by atoms with Crippen LogP contribution in [0.2, 0.25) is 0 Å². The number of benzene rings is 1. The lowest BCUT2D eigenvalue weighted by molar-refractivity contribution is -0.116. The van der Waals surface area contributed by atoms with E-state index in [0.29, 0.717) is 24.3 Å². The summed E-state index contributed by atoms with van der Waals surface area (Å²) in [6.07, 6.45) is 2.88. The fourth-order valence-corrected chi connectivity index (χ4v) is 3.72. The summed E-state index contributed by atoms with van der Waals surface area (Å²) < 4.78 is 7.41. The van der Waals surface area contributed by atoms with Crippen LogP contribution in [0.15, 0.2) is 28.8 Å². The van der Waals surface area contributed by atoms with Crippen LogP contribution in [0.4, 0.5) is 5.69 Å². The van der Waals surface area contributed by atoms with Gasteiger partial charge in [-0.25, -0.2) is 14.6 Å². The van der Waals surface area contributed by atoms with Crippen LogP contribution in [0.3, 0.4) is 0 Å². The Morgan fingerprint density at radius 1 is 1.21 bits per heavy atom. The Hall–Kier alpha value is -3.22. The Labute approximate surface area is 169 Å². The summed E-state index contributed by atoms with van der Waals surface area (Å²) in [5, 5.41) is 8.48. The second-order valence-corrected chi connectivity index (χ2v) is 7.68. The number of amides is 1. The summed E-state index contributed by atoms with van der Waals surface area (Å²) in [5.74, 6) is 0.569. The molecule has 0 bridgehead atoms. The molecule has 0 spiro atoms. The second-order valence-electron chi connectivity index (χ2n) is 7.68. The lowest BCUT2D eigenvalue weighted by atomic mass is 10.0. The van der Waals surface area contributed by atoms with Gasteiger partial charge in [0, 0.05) is 36.2 Å². The molecule has 150 valence electrons. The highest BCUT2D eigenvalue weighted by Gasteiger charge is 2.16. The number of hydrogen-bond acceptors (Lipinski definition) is 5. The molecular weight excluding hydrogens is 366 g/mol. The Balaban J connectivity index is 1.50. The molecule has 0 aliphatic carbocycles. The predicted octanol–water partition coefficient (Wildman–Crippen LogP) is 4.65. The quantitative estimate of drug-likeness (QED) is 0.535. The van der Waals surface area contributed by atoms with Crippen LogP contribution in [0.1, 0.15) is 49.0 Å². The highest BCUT2D eigenvalue weighted by Crippen LogP contribution is 2.25. The van der Waals surface area contributed by atoms with Gasteiger partial charge < -0.3 is 9.73 Å². The number of aryl methyl sites for hydroxylation is 3. The number of fused-ring (bicyclic) bond motifs is 2. The number of anilines is 1. The molecule has 0 aliphatic rings. The second kappa shape index (κ2) is 7.31. The molecule has 1 aromatic carbocycles. The van der Waals surface area contributed by atoms with Gasteiger partial charge >= 0.3 is 0 Å². The lowest BCUT2D eigenvalue weighted by Gasteiger charge is -2.12. The van der Waals surface area contributed by atoms with Gasteiger partial charge in [-0.05, 0) is 63.4 Å². The number of carbonyl (C=O) groups excluding carboxylic acids is 1. The molecule has 1 amide bonds. The standard InChI is InChI=1S/C22H25N5O2/c1-12(2)27-22-18(11-23-27)13(3)17(14(4)24-22)7-9-21(28)26-16-6-8-20-19(10-16)25-15(5)29-20/h6,8,10-12H,7,9H2,1-5H3,(H,26,28). The van der Waals surface area contributed by atoms with Crippen molar-refractivity contribution < 1.29 is 9.21 Å². The normalized spacial score (nSPS) is 11.7.